The number of hydrogen-bond donors (Lipinski definition) is 2. The number of nitrogens with zero attached hydrogens (tertiary/aromatic N) is 1. The molecule has 2 N–H and O–H groups in total. The number of carboxylic acids is 1. The van der Waals surface area contributed by atoms with Crippen molar-refractivity contribution in [3.63, 3.8) is 0 Å². The number of aliphatic hydroxyl groups is 1. The number of carbonyl (C=O) groups excluding carboxylic acids is 1. The van der Waals surface area contributed by atoms with E-state index in [0.717, 1.165) is 36.7 Å². The Balaban J connectivity index is 1.53. The number of likely N-dealkylation sites (tertiary alicyclic amines) is 1. The second-order valence-corrected chi connectivity index (χ2v) is 7.54. The molecule has 154 valence electrons. The molecule has 6 heteroatoms. The van der Waals surface area contributed by atoms with Gasteiger partial charge in [-0.15, -0.1) is 0 Å². The number of hydrogen-bond acceptors (Lipinski definition) is 5. The number of esters is 1. The number of benzene rings is 3. The molecule has 1 aliphatic rings. The first-order chi connectivity index (χ1) is 14.5. The van der Waals surface area contributed by atoms with Crippen LogP contribution in [-0.4, -0.2) is 46.9 Å². The highest BCUT2D eigenvalue weighted by Gasteiger charge is 2.16. The van der Waals surface area contributed by atoms with Gasteiger partial charge >= 0.3 is 11.9 Å². The number of ether oxygens (including phenoxy) is 1. The largest absolute Gasteiger partial charge is 0.478 e. The minimum atomic E-state index is -1.01. The van der Waals surface area contributed by atoms with E-state index in [4.69, 9.17) is 9.84 Å². The van der Waals surface area contributed by atoms with Crippen molar-refractivity contribution in [1.29, 1.82) is 0 Å². The maximum atomic E-state index is 12.4. The summed E-state index contributed by atoms with van der Waals surface area (Å²) in [7, 11) is 0. The number of fused-ring (bicyclic) bond motifs is 1. The van der Waals surface area contributed by atoms with Gasteiger partial charge in [-0.1, -0.05) is 30.3 Å². The average Bonchev–Trinajstić information content (AvgIpc) is 3.30. The van der Waals surface area contributed by atoms with Gasteiger partial charge < -0.3 is 14.9 Å². The highest BCUT2D eigenvalue weighted by Crippen LogP contribution is 2.26. The van der Waals surface area contributed by atoms with Gasteiger partial charge in [0.05, 0.1) is 11.1 Å². The molecule has 1 atom stereocenters. The third kappa shape index (κ3) is 4.35. The fourth-order valence-corrected chi connectivity index (χ4v) is 3.71. The summed E-state index contributed by atoms with van der Waals surface area (Å²) in [6.07, 6.45) is 1.37. The normalized spacial score (nSPS) is 15.2. The van der Waals surface area contributed by atoms with E-state index in [0.29, 0.717) is 23.4 Å². The van der Waals surface area contributed by atoms with Crippen molar-refractivity contribution in [2.75, 3.05) is 19.8 Å². The quantitative estimate of drug-likeness (QED) is 0.606. The molecule has 1 saturated heterocycles. The van der Waals surface area contributed by atoms with Crippen LogP contribution in [0.3, 0.4) is 0 Å². The lowest BCUT2D eigenvalue weighted by Gasteiger charge is -2.15. The minimum absolute atomic E-state index is 0.168. The van der Waals surface area contributed by atoms with Crippen LogP contribution in [-0.2, 0) is 4.74 Å². The molecular weight excluding hydrogens is 382 g/mol. The van der Waals surface area contributed by atoms with E-state index in [2.05, 4.69) is 4.90 Å². The van der Waals surface area contributed by atoms with Gasteiger partial charge in [-0.25, -0.2) is 9.59 Å². The van der Waals surface area contributed by atoms with Crippen LogP contribution in [0, 0.1) is 0 Å². The molecule has 3 aromatic rings. The summed E-state index contributed by atoms with van der Waals surface area (Å²) in [6.45, 7) is 2.22. The lowest BCUT2D eigenvalue weighted by Crippen LogP contribution is -2.24. The van der Waals surface area contributed by atoms with Gasteiger partial charge in [0, 0.05) is 13.1 Å². The van der Waals surface area contributed by atoms with Gasteiger partial charge in [-0.2, -0.15) is 0 Å². The number of rotatable bonds is 6. The Morgan fingerprint density at radius 3 is 2.20 bits per heavy atom. The first-order valence-corrected chi connectivity index (χ1v) is 9.96. The van der Waals surface area contributed by atoms with Crippen LogP contribution >= 0.6 is 0 Å². The van der Waals surface area contributed by atoms with Crippen molar-refractivity contribution in [3.05, 3.63) is 82.9 Å². The fraction of sp³-hybridized carbons (Fsp3) is 0.250. The molecule has 0 saturated carbocycles. The molecule has 1 fully saturated rings. The molecule has 1 unspecified atom stereocenters. The summed E-state index contributed by atoms with van der Waals surface area (Å²) in [5.74, 6) is -1.37. The molecule has 0 amide bonds. The summed E-state index contributed by atoms with van der Waals surface area (Å²) in [4.78, 5) is 25.5. The van der Waals surface area contributed by atoms with Crippen LogP contribution in [0.15, 0.2) is 60.7 Å². The van der Waals surface area contributed by atoms with E-state index in [1.807, 2.05) is 24.3 Å². The van der Waals surface area contributed by atoms with Crippen molar-refractivity contribution in [1.82, 2.24) is 4.90 Å². The Hall–Kier alpha value is -3.22. The zero-order valence-corrected chi connectivity index (χ0v) is 16.5. The zero-order chi connectivity index (χ0) is 21.1. The summed E-state index contributed by atoms with van der Waals surface area (Å²) in [5.41, 5.74) is 1.90. The number of carbonyl (C=O) groups is 2. The Morgan fingerprint density at radius 2 is 1.50 bits per heavy atom. The summed E-state index contributed by atoms with van der Waals surface area (Å²) < 4.78 is 5.43. The number of carboxylic acid groups (broad SMARTS) is 1. The fourth-order valence-electron chi connectivity index (χ4n) is 3.71. The molecule has 30 heavy (non-hydrogen) atoms. The standard InChI is InChI=1S/C24H23NO5/c26-22(17-5-7-18(8-6-17)23(27)28)19-9-3-16-4-10-20(14-21(16)13-19)24(29)30-15-25-11-1-2-12-25/h3-10,13-14,22,26H,1-2,11-12,15H2,(H,27,28). The van der Waals surface area contributed by atoms with Crippen molar-refractivity contribution >= 4 is 22.7 Å². The van der Waals surface area contributed by atoms with Crippen LogP contribution in [0.1, 0.15) is 50.8 Å². The van der Waals surface area contributed by atoms with Crippen molar-refractivity contribution < 1.29 is 24.5 Å². The number of aromatic carboxylic acids is 1. The molecule has 0 aromatic heterocycles. The molecular formula is C24H23NO5. The number of aliphatic hydroxyl groups excluding tert-OH is 1. The van der Waals surface area contributed by atoms with Gasteiger partial charge in [-0.3, -0.25) is 4.90 Å². The topological polar surface area (TPSA) is 87.1 Å². The van der Waals surface area contributed by atoms with Gasteiger partial charge in [0.25, 0.3) is 0 Å². The lowest BCUT2D eigenvalue weighted by atomic mass is 9.97. The highest BCUT2D eigenvalue weighted by molar-refractivity contribution is 5.95. The SMILES string of the molecule is O=C(O)c1ccc(C(O)c2ccc3ccc(C(=O)OCN4CCCC4)cc3c2)cc1. The maximum Gasteiger partial charge on any atom is 0.339 e. The molecule has 0 bridgehead atoms. The van der Waals surface area contributed by atoms with Crippen LogP contribution < -0.4 is 0 Å². The first-order valence-electron chi connectivity index (χ1n) is 9.96. The molecule has 0 aliphatic carbocycles. The van der Waals surface area contributed by atoms with Gasteiger partial charge in [0.1, 0.15) is 12.8 Å². The molecule has 1 aliphatic heterocycles. The molecule has 1 heterocycles. The van der Waals surface area contributed by atoms with E-state index in [9.17, 15) is 14.7 Å². The third-order valence-corrected chi connectivity index (χ3v) is 5.47. The lowest BCUT2D eigenvalue weighted by molar-refractivity contribution is 0.0269. The van der Waals surface area contributed by atoms with Crippen LogP contribution in [0.2, 0.25) is 0 Å². The van der Waals surface area contributed by atoms with Gasteiger partial charge in [0.2, 0.25) is 0 Å². The Kier molecular flexibility index (Phi) is 5.79. The average molecular weight is 405 g/mol. The Morgan fingerprint density at radius 1 is 0.867 bits per heavy atom. The first kappa shape index (κ1) is 20.1. The molecule has 0 spiro atoms. The second kappa shape index (κ2) is 8.65. The predicted octanol–water partition coefficient (Wildman–Crippen LogP) is 3.83. The van der Waals surface area contributed by atoms with Crippen molar-refractivity contribution in [2.24, 2.45) is 0 Å². The van der Waals surface area contributed by atoms with Crippen molar-refractivity contribution in [3.8, 4) is 0 Å². The summed E-state index contributed by atoms with van der Waals surface area (Å²) >= 11 is 0. The zero-order valence-electron chi connectivity index (χ0n) is 16.5. The monoisotopic (exact) mass is 405 g/mol. The summed E-state index contributed by atoms with van der Waals surface area (Å²) in [5, 5.41) is 21.5. The Labute approximate surface area is 174 Å². The van der Waals surface area contributed by atoms with E-state index >= 15 is 0 Å². The van der Waals surface area contributed by atoms with Crippen LogP contribution in [0.25, 0.3) is 10.8 Å². The molecule has 3 aromatic carbocycles. The highest BCUT2D eigenvalue weighted by atomic mass is 16.5. The van der Waals surface area contributed by atoms with E-state index in [1.165, 1.54) is 12.1 Å². The minimum Gasteiger partial charge on any atom is -0.478 e. The molecule has 4 rings (SSSR count). The third-order valence-electron chi connectivity index (χ3n) is 5.47. The van der Waals surface area contributed by atoms with Gasteiger partial charge in [-0.05, 0) is 65.1 Å². The van der Waals surface area contributed by atoms with Crippen LogP contribution in [0.4, 0.5) is 0 Å². The molecule has 6 nitrogen and oxygen atoms in total. The summed E-state index contributed by atoms with van der Waals surface area (Å²) in [6, 6.07) is 17.1. The van der Waals surface area contributed by atoms with Crippen LogP contribution in [0.5, 0.6) is 0 Å². The smallest absolute Gasteiger partial charge is 0.339 e. The van der Waals surface area contributed by atoms with E-state index in [-0.39, 0.29) is 11.5 Å². The van der Waals surface area contributed by atoms with Crippen molar-refractivity contribution in [2.45, 2.75) is 18.9 Å². The predicted molar refractivity (Wildman–Crippen MR) is 113 cm³/mol. The maximum absolute atomic E-state index is 12.4. The second-order valence-electron chi connectivity index (χ2n) is 7.54. The Bertz CT molecular complexity index is 1070. The van der Waals surface area contributed by atoms with E-state index in [1.54, 1.807) is 24.3 Å². The van der Waals surface area contributed by atoms with Gasteiger partial charge in [0.15, 0.2) is 0 Å². The van der Waals surface area contributed by atoms with E-state index < -0.39 is 12.1 Å². The molecule has 0 radical (unpaired) electrons.